The summed E-state index contributed by atoms with van der Waals surface area (Å²) in [5.41, 5.74) is -1.63. The number of amides is 12. The minimum absolute atomic E-state index is 0.0187. The van der Waals surface area contributed by atoms with Gasteiger partial charge in [-0.2, -0.15) is 26.3 Å². The smallest absolute Gasteiger partial charge is 0.347 e. The van der Waals surface area contributed by atoms with Gasteiger partial charge in [0.05, 0.1) is 25.4 Å². The molecule has 7 fully saturated rings. The zero-order chi connectivity index (χ0) is 78.1. The Morgan fingerprint density at radius 3 is 1.72 bits per heavy atom. The van der Waals surface area contributed by atoms with Crippen LogP contribution in [0, 0.1) is 41.4 Å². The Kier molecular flexibility index (Phi) is 29.5. The van der Waals surface area contributed by atoms with E-state index in [9.17, 15) is 59.9 Å². The van der Waals surface area contributed by atoms with Crippen LogP contribution in [0.5, 0.6) is 0 Å². The second-order valence-electron chi connectivity index (χ2n) is 31.9. The molecule has 7 aliphatic rings. The molecular weight excluding hydrogens is 1390 g/mol. The highest BCUT2D eigenvalue weighted by atomic mass is 19.4. The number of alkyl halides is 8. The summed E-state index contributed by atoms with van der Waals surface area (Å²) in [6.45, 7) is 5.52. The molecule has 4 aliphatic carbocycles. The summed E-state index contributed by atoms with van der Waals surface area (Å²) in [7, 11) is 11.0. The third kappa shape index (κ3) is 20.7. The Hall–Kier alpha value is -6.92. The fourth-order valence-electron chi connectivity index (χ4n) is 17.0. The predicted molar refractivity (Wildman–Crippen MR) is 370 cm³/mol. The van der Waals surface area contributed by atoms with Gasteiger partial charge in [-0.1, -0.05) is 59.8 Å². The molecule has 11 atom stereocenters. The molecule has 0 radical (unpaired) electrons. The molecule has 2 unspecified atom stereocenters. The molecule has 4 saturated carbocycles. The van der Waals surface area contributed by atoms with Crippen LogP contribution in [0.15, 0.2) is 0 Å². The molecule has 3 N–H and O–H groups in total. The largest absolute Gasteiger partial charge is 0.397 e. The van der Waals surface area contributed by atoms with Crippen LogP contribution in [0.2, 0.25) is 0 Å². The van der Waals surface area contributed by atoms with E-state index in [1.165, 1.54) is 80.9 Å². The van der Waals surface area contributed by atoms with Crippen LogP contribution >= 0.6 is 0 Å². The molecule has 7 rings (SSSR count). The Morgan fingerprint density at radius 2 is 1.16 bits per heavy atom. The molecule has 594 valence electrons. The molecule has 0 aromatic rings. The van der Waals surface area contributed by atoms with Gasteiger partial charge in [0.2, 0.25) is 70.9 Å². The lowest BCUT2D eigenvalue weighted by molar-refractivity contribution is -0.219. The summed E-state index contributed by atoms with van der Waals surface area (Å²) < 4.78 is 115. The van der Waals surface area contributed by atoms with Crippen molar-refractivity contribution in [3.8, 4) is 0 Å². The molecule has 1 spiro atoms. The van der Waals surface area contributed by atoms with Gasteiger partial charge in [-0.3, -0.25) is 57.5 Å². The Labute approximate surface area is 612 Å². The van der Waals surface area contributed by atoms with Crippen molar-refractivity contribution in [2.45, 2.75) is 267 Å². The van der Waals surface area contributed by atoms with Crippen molar-refractivity contribution in [2.24, 2.45) is 41.4 Å². The third-order valence-electron chi connectivity index (χ3n) is 23.8. The lowest BCUT2D eigenvalue weighted by Gasteiger charge is -2.46. The highest BCUT2D eigenvalue weighted by Crippen LogP contribution is 2.46. The maximum absolute atomic E-state index is 15.4. The molecule has 105 heavy (non-hydrogen) atoms. The number of likely N-dealkylation sites (N-methyl/N-ethyl adjacent to an activating group) is 7. The molecular formula is C73H114F8N12O12. The number of rotatable bonds is 11. The first kappa shape index (κ1) is 85.3. The zero-order valence-electron chi connectivity index (χ0n) is 63.3. The van der Waals surface area contributed by atoms with Crippen molar-refractivity contribution in [1.82, 2.24) is 60.0 Å². The lowest BCUT2D eigenvalue weighted by Crippen LogP contribution is -2.68. The van der Waals surface area contributed by atoms with E-state index >= 15 is 32.8 Å². The van der Waals surface area contributed by atoms with E-state index in [-0.39, 0.29) is 96.1 Å². The van der Waals surface area contributed by atoms with Gasteiger partial charge in [0.25, 0.3) is 0 Å². The molecule has 32 heteroatoms. The van der Waals surface area contributed by atoms with E-state index in [1.807, 2.05) is 13.8 Å². The van der Waals surface area contributed by atoms with Gasteiger partial charge in [0.1, 0.15) is 72.1 Å². The first-order valence-electron chi connectivity index (χ1n) is 37.8. The van der Waals surface area contributed by atoms with Crippen molar-refractivity contribution < 1.29 is 92.7 Å². The Balaban J connectivity index is 1.30. The molecule has 3 aliphatic heterocycles. The topological polar surface area (TPSA) is 270 Å². The van der Waals surface area contributed by atoms with Crippen LogP contribution in [-0.2, 0) is 57.5 Å². The summed E-state index contributed by atoms with van der Waals surface area (Å²) in [6.07, 6.45) is -13.5. The van der Waals surface area contributed by atoms with Gasteiger partial charge >= 0.3 is 12.4 Å². The molecule has 3 heterocycles. The molecule has 24 nitrogen and oxygen atoms in total. The van der Waals surface area contributed by atoms with Crippen molar-refractivity contribution in [3.05, 3.63) is 0 Å². The third-order valence-corrected chi connectivity index (χ3v) is 23.8. The molecule has 12 amide bonds. The fraction of sp³-hybridized carbons (Fsp3) is 0.836. The predicted octanol–water partition coefficient (Wildman–Crippen LogP) is 6.56. The number of halogens is 8. The monoisotopic (exact) mass is 1500 g/mol. The average Bonchev–Trinajstić information content (AvgIpc) is 1.76. The van der Waals surface area contributed by atoms with Crippen molar-refractivity contribution in [2.75, 3.05) is 82.6 Å². The van der Waals surface area contributed by atoms with Gasteiger partial charge in [-0.15, -0.1) is 0 Å². The van der Waals surface area contributed by atoms with Crippen LogP contribution in [0.25, 0.3) is 0 Å². The van der Waals surface area contributed by atoms with Crippen molar-refractivity contribution in [3.63, 3.8) is 0 Å². The van der Waals surface area contributed by atoms with E-state index in [0.717, 1.165) is 19.6 Å². The number of carbonyl (C=O) groups excluding carboxylic acids is 12. The van der Waals surface area contributed by atoms with E-state index < -0.39 is 224 Å². The minimum Gasteiger partial charge on any atom is -0.347 e. The molecule has 0 aromatic carbocycles. The van der Waals surface area contributed by atoms with Crippen LogP contribution < -0.4 is 16.0 Å². The summed E-state index contributed by atoms with van der Waals surface area (Å²) in [5, 5.41) is 8.41. The minimum atomic E-state index is -5.20. The lowest BCUT2D eigenvalue weighted by atomic mass is 9.74. The normalized spacial score (nSPS) is 31.7. The average molecular weight is 1500 g/mol. The standard InChI is InChI=1S/C73H114F8N12O12/c1-13-43(4)60-68(103)87(8)41-58(96)88(9)52-23-15-14-18-33-93(67(52)102)55(38-44-25-28-47(29-26-44)72(76,77)78)66(101)86(7)40-56(94)82-50(30-27-45-36-48(74)59(49(75)37-45)73(79,80)81)64(99)92-34-19-24-51(92)63(98)84-71(31-20-32-71)70(105)91(12)61(46-21-16-17-22-46)69(104)90(11)54(65(100)85(5)6)39-57(95)89(10)53(35-42(2)3)62(97)83-60/h42-55,59-61H,13-41H2,1-12H3,(H,82,94)(H,83,97)(H,84,98)/t43-,44?,45?,47?,48?,49?,50-,51-,52-,53-,54-,55-,59?,60-,61-/m0/s1. The van der Waals surface area contributed by atoms with Crippen LogP contribution in [0.3, 0.4) is 0 Å². The number of nitrogens with zero attached hydrogens (tertiary/aromatic N) is 9. The summed E-state index contributed by atoms with van der Waals surface area (Å²) in [4.78, 5) is 190. The quantitative estimate of drug-likeness (QED) is 0.186. The van der Waals surface area contributed by atoms with E-state index in [2.05, 4.69) is 16.0 Å². The van der Waals surface area contributed by atoms with Crippen molar-refractivity contribution in [1.29, 1.82) is 0 Å². The highest BCUT2D eigenvalue weighted by molar-refractivity contribution is 6.01. The van der Waals surface area contributed by atoms with Gasteiger partial charge in [-0.25, -0.2) is 8.78 Å². The second-order valence-corrected chi connectivity index (χ2v) is 31.9. The number of hydrogen-bond donors (Lipinski definition) is 3. The van der Waals surface area contributed by atoms with Crippen LogP contribution in [-0.4, -0.2) is 276 Å². The van der Waals surface area contributed by atoms with Gasteiger partial charge in [0.15, 0.2) is 0 Å². The summed E-state index contributed by atoms with van der Waals surface area (Å²) in [6, 6.07) is -10.9. The van der Waals surface area contributed by atoms with Gasteiger partial charge in [0, 0.05) is 69.5 Å². The number of carbonyl (C=O) groups is 12. The Morgan fingerprint density at radius 1 is 0.571 bits per heavy atom. The van der Waals surface area contributed by atoms with Crippen LogP contribution in [0.1, 0.15) is 188 Å². The van der Waals surface area contributed by atoms with Gasteiger partial charge in [-0.05, 0) is 152 Å². The number of hydrogen-bond acceptors (Lipinski definition) is 12. The first-order valence-corrected chi connectivity index (χ1v) is 37.8. The molecule has 0 aromatic heterocycles. The van der Waals surface area contributed by atoms with Crippen molar-refractivity contribution >= 4 is 70.9 Å². The zero-order valence-corrected chi connectivity index (χ0v) is 63.3. The van der Waals surface area contributed by atoms with E-state index in [1.54, 1.807) is 13.8 Å². The first-order chi connectivity index (χ1) is 49.1. The maximum Gasteiger partial charge on any atom is 0.397 e. The SMILES string of the molecule is CC[C@H](C)[C@@H]1NC(=O)[C@H](CC(C)C)N(C)C(=O)C[C@@H](C(=O)N(C)C)N(C)C(=O)[C@H](C2CCCC2)N(C)C(=O)C2(CCC2)NC(=O)[C@@H]2CCCN2C(=O)[C@H](CCC2CC(F)C(C(F)(F)F)C(F)C2)NC(=O)CN(C)C(=O)[C@H](CC2CCC(C(F)(F)F)CC2)N2CCCCC[C@@H](C2=O)N(C)C(=O)CN(C)C1=O. The molecule has 3 saturated heterocycles. The maximum atomic E-state index is 15.4. The number of fused-ring (bicyclic) bond motifs is 3. The van der Waals surface area contributed by atoms with E-state index in [0.29, 0.717) is 57.8 Å². The summed E-state index contributed by atoms with van der Waals surface area (Å²) in [5.74, 6) is -16.5. The number of nitrogens with one attached hydrogen (secondary N) is 3. The fourth-order valence-corrected chi connectivity index (χ4v) is 17.0. The van der Waals surface area contributed by atoms with Gasteiger partial charge < -0.3 is 60.0 Å². The second kappa shape index (κ2) is 36.3. The Bertz CT molecular complexity index is 3100. The van der Waals surface area contributed by atoms with E-state index in [4.69, 9.17) is 0 Å². The highest BCUT2D eigenvalue weighted by Gasteiger charge is 2.56. The van der Waals surface area contributed by atoms with Crippen LogP contribution in [0.4, 0.5) is 35.1 Å². The summed E-state index contributed by atoms with van der Waals surface area (Å²) >= 11 is 0. The molecule has 2 bridgehead atoms.